The minimum atomic E-state index is 0.305. The molecule has 0 aromatic heterocycles. The van der Waals surface area contributed by atoms with Crippen molar-refractivity contribution in [3.63, 3.8) is 0 Å². The molecule has 0 aliphatic carbocycles. The van der Waals surface area contributed by atoms with Crippen LogP contribution in [0.25, 0.3) is 0 Å². The summed E-state index contributed by atoms with van der Waals surface area (Å²) in [6.07, 6.45) is 7.43. The van der Waals surface area contributed by atoms with Crippen molar-refractivity contribution in [1.29, 1.82) is 0 Å². The highest BCUT2D eigenvalue weighted by Gasteiger charge is 2.12. The van der Waals surface area contributed by atoms with Gasteiger partial charge in [0.15, 0.2) is 0 Å². The van der Waals surface area contributed by atoms with E-state index < -0.39 is 0 Å². The Balaban J connectivity index is 3.38. The number of carbonyl (C=O) groups excluding carboxylic acids is 1. The average Bonchev–Trinajstić information content (AvgIpc) is 2.08. The molecule has 0 rings (SSSR count). The summed E-state index contributed by atoms with van der Waals surface area (Å²) in [5, 5.41) is 0. The molecule has 0 aromatic carbocycles. The lowest BCUT2D eigenvalue weighted by molar-refractivity contribution is -0.119. The zero-order valence-electron chi connectivity index (χ0n) is 10.4. The summed E-state index contributed by atoms with van der Waals surface area (Å²) in [7, 11) is 0. The van der Waals surface area contributed by atoms with E-state index in [1.54, 1.807) is 0 Å². The van der Waals surface area contributed by atoms with Gasteiger partial charge in [-0.1, -0.05) is 47.0 Å². The Morgan fingerprint density at radius 1 is 1.00 bits per heavy atom. The molecular weight excluding hydrogens is 172 g/mol. The maximum Gasteiger partial charge on any atom is 0.132 e. The van der Waals surface area contributed by atoms with Crippen LogP contribution in [-0.4, -0.2) is 5.78 Å². The largest absolute Gasteiger partial charge is 0.300 e. The number of hydrogen-bond acceptors (Lipinski definition) is 1. The van der Waals surface area contributed by atoms with Crippen LogP contribution >= 0.6 is 0 Å². The number of unbranched alkanes of at least 4 members (excludes halogenated alkanes) is 3. The molecule has 0 fully saturated rings. The molecule has 84 valence electrons. The number of carbonyl (C=O) groups is 1. The first kappa shape index (κ1) is 13.7. The normalized spacial score (nSPS) is 11.7. The SMILES string of the molecule is CCCCCCC(=O)CCC(C)(C)C. The van der Waals surface area contributed by atoms with E-state index in [-0.39, 0.29) is 0 Å². The van der Waals surface area contributed by atoms with Gasteiger partial charge in [-0.05, 0) is 18.3 Å². The predicted molar refractivity (Wildman–Crippen MR) is 62.5 cm³/mol. The monoisotopic (exact) mass is 198 g/mol. The van der Waals surface area contributed by atoms with Gasteiger partial charge in [0.25, 0.3) is 0 Å². The number of hydrogen-bond donors (Lipinski definition) is 0. The predicted octanol–water partition coefficient (Wildman–Crippen LogP) is 4.35. The van der Waals surface area contributed by atoms with E-state index in [4.69, 9.17) is 0 Å². The van der Waals surface area contributed by atoms with E-state index in [2.05, 4.69) is 27.7 Å². The second-order valence-electron chi connectivity index (χ2n) is 5.41. The summed E-state index contributed by atoms with van der Waals surface area (Å²) >= 11 is 0. The fourth-order valence-electron chi connectivity index (χ4n) is 1.39. The van der Waals surface area contributed by atoms with Crippen molar-refractivity contribution in [2.24, 2.45) is 5.41 Å². The van der Waals surface area contributed by atoms with Crippen molar-refractivity contribution < 1.29 is 4.79 Å². The average molecular weight is 198 g/mol. The summed E-state index contributed by atoms with van der Waals surface area (Å²) in [4.78, 5) is 11.5. The van der Waals surface area contributed by atoms with Gasteiger partial charge >= 0.3 is 0 Å². The van der Waals surface area contributed by atoms with E-state index >= 15 is 0 Å². The number of rotatable bonds is 7. The van der Waals surface area contributed by atoms with E-state index in [1.165, 1.54) is 19.3 Å². The lowest BCUT2D eigenvalue weighted by Crippen LogP contribution is -2.08. The maximum absolute atomic E-state index is 11.5. The molecule has 14 heavy (non-hydrogen) atoms. The molecule has 1 heteroatoms. The Kier molecular flexibility index (Phi) is 6.86. The van der Waals surface area contributed by atoms with Crippen LogP contribution in [0.5, 0.6) is 0 Å². The highest BCUT2D eigenvalue weighted by atomic mass is 16.1. The van der Waals surface area contributed by atoms with Crippen LogP contribution in [0.2, 0.25) is 0 Å². The summed E-state index contributed by atoms with van der Waals surface area (Å²) in [6, 6.07) is 0. The maximum atomic E-state index is 11.5. The highest BCUT2D eigenvalue weighted by Crippen LogP contribution is 2.21. The zero-order chi connectivity index (χ0) is 11.0. The van der Waals surface area contributed by atoms with E-state index in [1.807, 2.05) is 0 Å². The van der Waals surface area contributed by atoms with Crippen LogP contribution in [0.4, 0.5) is 0 Å². The topological polar surface area (TPSA) is 17.1 Å². The third-order valence-corrected chi connectivity index (χ3v) is 2.46. The fourth-order valence-corrected chi connectivity index (χ4v) is 1.39. The van der Waals surface area contributed by atoms with Crippen LogP contribution < -0.4 is 0 Å². The van der Waals surface area contributed by atoms with Crippen LogP contribution in [0.1, 0.15) is 72.6 Å². The molecule has 0 aliphatic heterocycles. The van der Waals surface area contributed by atoms with E-state index in [0.29, 0.717) is 11.2 Å². The molecule has 0 aromatic rings. The van der Waals surface area contributed by atoms with Gasteiger partial charge in [-0.2, -0.15) is 0 Å². The van der Waals surface area contributed by atoms with Gasteiger partial charge in [0.2, 0.25) is 0 Å². The Hall–Kier alpha value is -0.330. The number of ketones is 1. The Labute approximate surface area is 89.3 Å². The molecular formula is C13H26O. The zero-order valence-corrected chi connectivity index (χ0v) is 10.4. The van der Waals surface area contributed by atoms with Gasteiger partial charge in [-0.25, -0.2) is 0 Å². The molecule has 0 saturated heterocycles. The first-order valence-corrected chi connectivity index (χ1v) is 5.97. The van der Waals surface area contributed by atoms with Gasteiger partial charge in [-0.3, -0.25) is 4.79 Å². The molecule has 0 spiro atoms. The molecule has 0 aliphatic rings. The molecule has 0 heterocycles. The van der Waals surface area contributed by atoms with Gasteiger partial charge < -0.3 is 0 Å². The second kappa shape index (κ2) is 7.03. The van der Waals surface area contributed by atoms with Crippen molar-refractivity contribution in [2.45, 2.75) is 72.6 Å². The minimum absolute atomic E-state index is 0.305. The second-order valence-corrected chi connectivity index (χ2v) is 5.41. The van der Waals surface area contributed by atoms with Crippen molar-refractivity contribution in [1.82, 2.24) is 0 Å². The summed E-state index contributed by atoms with van der Waals surface area (Å²) < 4.78 is 0. The lowest BCUT2D eigenvalue weighted by atomic mass is 9.89. The van der Waals surface area contributed by atoms with Crippen molar-refractivity contribution in [3.8, 4) is 0 Å². The summed E-state index contributed by atoms with van der Waals surface area (Å²) in [5.41, 5.74) is 0.305. The molecule has 1 nitrogen and oxygen atoms in total. The van der Waals surface area contributed by atoms with Crippen molar-refractivity contribution >= 4 is 5.78 Å². The smallest absolute Gasteiger partial charge is 0.132 e. The van der Waals surface area contributed by atoms with Crippen LogP contribution in [-0.2, 0) is 4.79 Å². The van der Waals surface area contributed by atoms with Crippen LogP contribution in [0.15, 0.2) is 0 Å². The molecule has 0 N–H and O–H groups in total. The molecule has 0 radical (unpaired) electrons. The molecule has 0 saturated carbocycles. The van der Waals surface area contributed by atoms with E-state index in [0.717, 1.165) is 25.7 Å². The van der Waals surface area contributed by atoms with Gasteiger partial charge in [-0.15, -0.1) is 0 Å². The third-order valence-electron chi connectivity index (χ3n) is 2.46. The van der Waals surface area contributed by atoms with Crippen LogP contribution in [0.3, 0.4) is 0 Å². The first-order valence-electron chi connectivity index (χ1n) is 5.97. The molecule has 0 amide bonds. The third kappa shape index (κ3) is 9.76. The first-order chi connectivity index (χ1) is 6.45. The standard InChI is InChI=1S/C13H26O/c1-5-6-7-8-9-12(14)10-11-13(2,3)4/h5-11H2,1-4H3. The highest BCUT2D eigenvalue weighted by molar-refractivity contribution is 5.78. The Bertz CT molecular complexity index is 153. The summed E-state index contributed by atoms with van der Waals surface area (Å²) in [6.45, 7) is 8.77. The van der Waals surface area contributed by atoms with Crippen molar-refractivity contribution in [2.75, 3.05) is 0 Å². The Morgan fingerprint density at radius 3 is 2.14 bits per heavy atom. The summed E-state index contributed by atoms with van der Waals surface area (Å²) in [5.74, 6) is 0.455. The fraction of sp³-hybridized carbons (Fsp3) is 0.923. The van der Waals surface area contributed by atoms with Gasteiger partial charge in [0.1, 0.15) is 5.78 Å². The molecule has 0 bridgehead atoms. The number of Topliss-reactive ketones (excluding diaryl/α,β-unsaturated/α-hetero) is 1. The molecule has 0 unspecified atom stereocenters. The van der Waals surface area contributed by atoms with Gasteiger partial charge in [0.05, 0.1) is 0 Å². The van der Waals surface area contributed by atoms with Crippen molar-refractivity contribution in [3.05, 3.63) is 0 Å². The quantitative estimate of drug-likeness (QED) is 0.556. The van der Waals surface area contributed by atoms with E-state index in [9.17, 15) is 4.79 Å². The van der Waals surface area contributed by atoms with Crippen LogP contribution in [0, 0.1) is 5.41 Å². The lowest BCUT2D eigenvalue weighted by Gasteiger charge is -2.16. The minimum Gasteiger partial charge on any atom is -0.300 e. The Morgan fingerprint density at radius 2 is 1.64 bits per heavy atom. The molecule has 0 atom stereocenters. The van der Waals surface area contributed by atoms with Gasteiger partial charge in [0, 0.05) is 12.8 Å².